The third-order valence-electron chi connectivity index (χ3n) is 5.34. The molecule has 148 valence electrons. The topological polar surface area (TPSA) is 60.1 Å². The van der Waals surface area contributed by atoms with Gasteiger partial charge in [-0.3, -0.25) is 4.79 Å². The summed E-state index contributed by atoms with van der Waals surface area (Å²) in [5.41, 5.74) is 8.64. The van der Waals surface area contributed by atoms with Crippen LogP contribution < -0.4 is 11.1 Å². The highest BCUT2D eigenvalue weighted by Crippen LogP contribution is 2.33. The Morgan fingerprint density at radius 3 is 2.54 bits per heavy atom. The molecule has 0 spiro atoms. The molecule has 0 bridgehead atoms. The van der Waals surface area contributed by atoms with E-state index in [4.69, 9.17) is 5.73 Å². The van der Waals surface area contributed by atoms with Crippen LogP contribution in [0.25, 0.3) is 10.9 Å². The normalized spacial score (nSPS) is 14.8. The van der Waals surface area contributed by atoms with Gasteiger partial charge in [0.25, 0.3) is 5.91 Å². The van der Waals surface area contributed by atoms with Crippen molar-refractivity contribution in [3.05, 3.63) is 70.9 Å². The van der Waals surface area contributed by atoms with Crippen LogP contribution in [0.15, 0.2) is 42.5 Å². The van der Waals surface area contributed by atoms with E-state index in [-0.39, 0.29) is 19.0 Å². The fourth-order valence-electron chi connectivity index (χ4n) is 3.99. The number of nitrogens with zero attached hydrogens (tertiary/aromatic N) is 1. The van der Waals surface area contributed by atoms with Gasteiger partial charge >= 0.3 is 0 Å². The largest absolute Gasteiger partial charge is 0.364 e. The third-order valence-corrected chi connectivity index (χ3v) is 5.34. The maximum Gasteiger partial charge on any atom is 0.265 e. The van der Waals surface area contributed by atoms with Crippen molar-refractivity contribution in [2.24, 2.45) is 5.73 Å². The van der Waals surface area contributed by atoms with Crippen LogP contribution in [-0.4, -0.2) is 23.6 Å². The maximum atomic E-state index is 13.6. The highest BCUT2D eigenvalue weighted by molar-refractivity contribution is 5.99. The van der Waals surface area contributed by atoms with E-state index in [0.717, 1.165) is 49.0 Å². The molecule has 0 atom stereocenters. The Bertz CT molecular complexity index is 1010. The van der Waals surface area contributed by atoms with Crippen LogP contribution >= 0.6 is 12.4 Å². The first-order chi connectivity index (χ1) is 13.0. The van der Waals surface area contributed by atoms with Gasteiger partial charge in [0.05, 0.1) is 0 Å². The summed E-state index contributed by atoms with van der Waals surface area (Å²) in [6.07, 6.45) is 2.08. The quantitative estimate of drug-likeness (QED) is 0.690. The number of aromatic nitrogens is 1. The van der Waals surface area contributed by atoms with E-state index >= 15 is 0 Å². The van der Waals surface area contributed by atoms with Gasteiger partial charge in [0, 0.05) is 17.4 Å². The molecular weight excluding hydrogens is 384 g/mol. The molecule has 4 rings (SSSR count). The highest BCUT2D eigenvalue weighted by atomic mass is 35.5. The Labute approximate surface area is 168 Å². The minimum absolute atomic E-state index is 0. The van der Waals surface area contributed by atoms with E-state index in [2.05, 4.69) is 11.4 Å². The number of hydrogen-bond acceptors (Lipinski definition) is 2. The predicted octanol–water partition coefficient (Wildman–Crippen LogP) is 3.96. The fourth-order valence-corrected chi connectivity index (χ4v) is 3.99. The predicted molar refractivity (Wildman–Crippen MR) is 108 cm³/mol. The first kappa shape index (κ1) is 20.3. The highest BCUT2D eigenvalue weighted by Gasteiger charge is 2.21. The van der Waals surface area contributed by atoms with Crippen LogP contribution in [-0.2, 0) is 6.54 Å². The molecule has 1 fully saturated rings. The number of primary amides is 1. The molecular formula is C21H22ClF2N3O. The van der Waals surface area contributed by atoms with Gasteiger partial charge in [-0.05, 0) is 67.2 Å². The van der Waals surface area contributed by atoms with Crippen LogP contribution in [0.2, 0.25) is 0 Å². The van der Waals surface area contributed by atoms with Crippen molar-refractivity contribution in [3.8, 4) is 0 Å². The second-order valence-electron chi connectivity index (χ2n) is 7.03. The number of carbonyl (C=O) groups excluding carboxylic acids is 1. The molecule has 1 aromatic heterocycles. The summed E-state index contributed by atoms with van der Waals surface area (Å²) in [5, 5.41) is 4.37. The Balaban J connectivity index is 0.00000225. The van der Waals surface area contributed by atoms with Gasteiger partial charge in [0.1, 0.15) is 5.69 Å². The van der Waals surface area contributed by atoms with Crippen LogP contribution in [0.4, 0.5) is 8.78 Å². The summed E-state index contributed by atoms with van der Waals surface area (Å²) < 4.78 is 28.6. The summed E-state index contributed by atoms with van der Waals surface area (Å²) >= 11 is 0. The molecule has 4 nitrogen and oxygen atoms in total. The van der Waals surface area contributed by atoms with Crippen LogP contribution in [0, 0.1) is 11.6 Å². The zero-order valence-electron chi connectivity index (χ0n) is 15.3. The van der Waals surface area contributed by atoms with Crippen molar-refractivity contribution in [1.82, 2.24) is 9.88 Å². The van der Waals surface area contributed by atoms with Crippen molar-refractivity contribution >= 4 is 29.2 Å². The van der Waals surface area contributed by atoms with Crippen molar-refractivity contribution in [2.75, 3.05) is 13.1 Å². The lowest BCUT2D eigenvalue weighted by Crippen LogP contribution is -2.26. The van der Waals surface area contributed by atoms with Gasteiger partial charge in [0.15, 0.2) is 11.6 Å². The van der Waals surface area contributed by atoms with Gasteiger partial charge < -0.3 is 15.6 Å². The van der Waals surface area contributed by atoms with E-state index in [9.17, 15) is 13.6 Å². The molecule has 1 saturated heterocycles. The zero-order chi connectivity index (χ0) is 19.0. The summed E-state index contributed by atoms with van der Waals surface area (Å²) in [5.74, 6) is -1.90. The summed E-state index contributed by atoms with van der Waals surface area (Å²) in [4.78, 5) is 12.0. The minimum Gasteiger partial charge on any atom is -0.364 e. The number of piperidine rings is 1. The van der Waals surface area contributed by atoms with Crippen molar-refractivity contribution in [1.29, 1.82) is 0 Å². The molecule has 0 saturated carbocycles. The zero-order valence-corrected chi connectivity index (χ0v) is 16.1. The van der Waals surface area contributed by atoms with E-state index in [0.29, 0.717) is 17.2 Å². The summed E-state index contributed by atoms with van der Waals surface area (Å²) in [7, 11) is 0. The lowest BCUT2D eigenvalue weighted by molar-refractivity contribution is 0.0992. The fraction of sp³-hybridized carbons (Fsp3) is 0.286. The second kappa shape index (κ2) is 8.29. The van der Waals surface area contributed by atoms with Crippen LogP contribution in [0.3, 0.4) is 0 Å². The SMILES string of the molecule is Cl.NC(=O)c1cc2c(C3CCNCC3)cccc2n1Cc1ccc(F)c(F)c1. The molecule has 1 aliphatic heterocycles. The summed E-state index contributed by atoms with van der Waals surface area (Å²) in [6, 6.07) is 11.6. The first-order valence-corrected chi connectivity index (χ1v) is 9.11. The Kier molecular flexibility index (Phi) is 6.01. The monoisotopic (exact) mass is 405 g/mol. The first-order valence-electron chi connectivity index (χ1n) is 9.11. The Morgan fingerprint density at radius 2 is 1.86 bits per heavy atom. The number of amides is 1. The molecule has 3 aromatic rings. The van der Waals surface area contributed by atoms with Gasteiger partial charge in [-0.2, -0.15) is 0 Å². The third kappa shape index (κ3) is 3.75. The van der Waals surface area contributed by atoms with E-state index in [1.165, 1.54) is 11.6 Å². The van der Waals surface area contributed by atoms with Crippen molar-refractivity contribution in [3.63, 3.8) is 0 Å². The number of hydrogen-bond donors (Lipinski definition) is 2. The Hall–Kier alpha value is -2.44. The number of fused-ring (bicyclic) bond motifs is 1. The number of nitrogens with one attached hydrogen (secondary N) is 1. The number of benzene rings is 2. The van der Waals surface area contributed by atoms with Crippen molar-refractivity contribution in [2.45, 2.75) is 25.3 Å². The molecule has 1 aliphatic rings. The lowest BCUT2D eigenvalue weighted by atomic mass is 9.88. The number of halogens is 3. The molecule has 0 radical (unpaired) electrons. The second-order valence-corrected chi connectivity index (χ2v) is 7.03. The van der Waals surface area contributed by atoms with E-state index < -0.39 is 17.5 Å². The number of carbonyl (C=O) groups is 1. The number of nitrogens with two attached hydrogens (primary N) is 1. The van der Waals surface area contributed by atoms with Crippen LogP contribution in [0.5, 0.6) is 0 Å². The minimum atomic E-state index is -0.903. The molecule has 0 aliphatic carbocycles. The standard InChI is InChI=1S/C21H21F2N3O.ClH/c22-17-5-4-13(10-18(17)23)12-26-19-3-1-2-15(14-6-8-25-9-7-14)16(19)11-20(26)21(24)27;/h1-5,10-11,14,25H,6-9,12H2,(H2,24,27);1H. The Morgan fingerprint density at radius 1 is 1.11 bits per heavy atom. The van der Waals surface area contributed by atoms with Crippen LogP contribution in [0.1, 0.15) is 40.4 Å². The average Bonchev–Trinajstić information content (AvgIpc) is 3.04. The smallest absolute Gasteiger partial charge is 0.265 e. The van der Waals surface area contributed by atoms with Gasteiger partial charge in [-0.25, -0.2) is 8.78 Å². The molecule has 1 amide bonds. The molecule has 3 N–H and O–H groups in total. The molecule has 0 unspecified atom stereocenters. The molecule has 7 heteroatoms. The maximum absolute atomic E-state index is 13.6. The number of rotatable bonds is 4. The van der Waals surface area contributed by atoms with Crippen molar-refractivity contribution < 1.29 is 13.6 Å². The molecule has 28 heavy (non-hydrogen) atoms. The van der Waals surface area contributed by atoms with Gasteiger partial charge in [0.2, 0.25) is 0 Å². The molecule has 2 heterocycles. The van der Waals surface area contributed by atoms with Gasteiger partial charge in [-0.15, -0.1) is 12.4 Å². The van der Waals surface area contributed by atoms with E-state index in [1.807, 2.05) is 18.2 Å². The molecule has 2 aromatic carbocycles. The summed E-state index contributed by atoms with van der Waals surface area (Å²) in [6.45, 7) is 2.19. The lowest BCUT2D eigenvalue weighted by Gasteiger charge is -2.23. The average molecular weight is 406 g/mol. The van der Waals surface area contributed by atoms with Gasteiger partial charge in [-0.1, -0.05) is 18.2 Å². The van der Waals surface area contributed by atoms with E-state index in [1.54, 1.807) is 4.57 Å².